The Morgan fingerprint density at radius 1 is 1.67 bits per heavy atom. The summed E-state index contributed by atoms with van der Waals surface area (Å²) in [4.78, 5) is 0. The van der Waals surface area contributed by atoms with Crippen molar-refractivity contribution in [2.45, 2.75) is 19.8 Å². The van der Waals surface area contributed by atoms with Crippen molar-refractivity contribution in [1.82, 2.24) is 0 Å². The zero-order chi connectivity index (χ0) is 6.95. The average molecular weight is 126 g/mol. The average Bonchev–Trinajstić information content (AvgIpc) is 1.89. The van der Waals surface area contributed by atoms with E-state index >= 15 is 0 Å². The van der Waals surface area contributed by atoms with Crippen molar-refractivity contribution >= 4 is 0 Å². The maximum Gasteiger partial charge on any atom is 0.0721 e. The second-order valence-corrected chi connectivity index (χ2v) is 1.84. The van der Waals surface area contributed by atoms with E-state index in [-0.39, 0.29) is 0 Å². The second kappa shape index (κ2) is 7.48. The first kappa shape index (κ1) is 8.48. The molecule has 0 fully saturated rings. The van der Waals surface area contributed by atoms with Crippen molar-refractivity contribution in [3.63, 3.8) is 0 Å². The topological polar surface area (TPSA) is 9.23 Å². The molecular weight excluding hydrogens is 112 g/mol. The summed E-state index contributed by atoms with van der Waals surface area (Å²) in [6.45, 7) is 7.08. The summed E-state index contributed by atoms with van der Waals surface area (Å²) in [7, 11) is 0. The molecule has 0 aromatic carbocycles. The van der Waals surface area contributed by atoms with Gasteiger partial charge in [0.25, 0.3) is 0 Å². The molecule has 0 amide bonds. The van der Waals surface area contributed by atoms with Gasteiger partial charge in [0.1, 0.15) is 0 Å². The van der Waals surface area contributed by atoms with Crippen LogP contribution in [0, 0.1) is 0 Å². The van der Waals surface area contributed by atoms with Gasteiger partial charge in [-0.15, -0.1) is 5.73 Å². The highest BCUT2D eigenvalue weighted by molar-refractivity contribution is 4.74. The van der Waals surface area contributed by atoms with E-state index in [0.29, 0.717) is 6.61 Å². The number of rotatable bonds is 5. The lowest BCUT2D eigenvalue weighted by atomic mass is 10.4. The molecule has 1 heteroatoms. The van der Waals surface area contributed by atoms with Gasteiger partial charge in [0.2, 0.25) is 0 Å². The Morgan fingerprint density at radius 3 is 3.00 bits per heavy atom. The third-order valence-corrected chi connectivity index (χ3v) is 0.988. The Bertz CT molecular complexity index is 90.7. The molecule has 0 N–H and O–H groups in total. The fraction of sp³-hybridized carbons (Fsp3) is 0.625. The minimum atomic E-state index is 0.656. The Balaban J connectivity index is 2.82. The van der Waals surface area contributed by atoms with Crippen molar-refractivity contribution in [3.8, 4) is 0 Å². The minimum absolute atomic E-state index is 0.656. The number of hydrogen-bond acceptors (Lipinski definition) is 1. The zero-order valence-corrected chi connectivity index (χ0v) is 6.02. The molecule has 0 rings (SSSR count). The van der Waals surface area contributed by atoms with Gasteiger partial charge in [-0.1, -0.05) is 19.9 Å². The standard InChI is InChI=1S/C8H14O/c1-3-5-7-9-8-6-4-2/h5H,1,4,6-8H2,2H3. The highest BCUT2D eigenvalue weighted by Gasteiger charge is 1.80. The molecule has 0 aliphatic rings. The van der Waals surface area contributed by atoms with E-state index in [2.05, 4.69) is 19.2 Å². The molecule has 0 aliphatic carbocycles. The van der Waals surface area contributed by atoms with Crippen molar-refractivity contribution in [2.75, 3.05) is 13.2 Å². The van der Waals surface area contributed by atoms with Crippen molar-refractivity contribution in [1.29, 1.82) is 0 Å². The maximum absolute atomic E-state index is 5.16. The second-order valence-electron chi connectivity index (χ2n) is 1.84. The number of ether oxygens (including phenoxy) is 1. The summed E-state index contributed by atoms with van der Waals surface area (Å²) in [5.41, 5.74) is 2.64. The van der Waals surface area contributed by atoms with Gasteiger partial charge in [-0.2, -0.15) is 0 Å². The largest absolute Gasteiger partial charge is 0.377 e. The molecule has 0 saturated carbocycles. The van der Waals surface area contributed by atoms with E-state index in [9.17, 15) is 0 Å². The maximum atomic E-state index is 5.16. The van der Waals surface area contributed by atoms with Gasteiger partial charge in [0.05, 0.1) is 6.61 Å². The summed E-state index contributed by atoms with van der Waals surface area (Å²) in [5, 5.41) is 0. The predicted molar refractivity (Wildman–Crippen MR) is 39.4 cm³/mol. The Kier molecular flexibility index (Phi) is 7.05. The lowest BCUT2D eigenvalue weighted by Crippen LogP contribution is -1.92. The number of unbranched alkanes of at least 4 members (excludes halogenated alkanes) is 1. The van der Waals surface area contributed by atoms with Crippen LogP contribution in [0.15, 0.2) is 18.4 Å². The molecule has 0 aromatic rings. The number of hydrogen-bond donors (Lipinski definition) is 0. The molecule has 0 bridgehead atoms. The molecule has 0 saturated heterocycles. The van der Waals surface area contributed by atoms with E-state index in [1.807, 2.05) is 0 Å². The van der Waals surface area contributed by atoms with Crippen LogP contribution >= 0.6 is 0 Å². The fourth-order valence-corrected chi connectivity index (χ4v) is 0.448. The molecule has 0 aromatic heterocycles. The molecule has 52 valence electrons. The summed E-state index contributed by atoms with van der Waals surface area (Å²) in [5.74, 6) is 0. The lowest BCUT2D eigenvalue weighted by Gasteiger charge is -1.95. The van der Waals surface area contributed by atoms with Crippen molar-refractivity contribution in [3.05, 3.63) is 18.4 Å². The summed E-state index contributed by atoms with van der Waals surface area (Å²) in [6, 6.07) is 0. The molecule has 0 heterocycles. The first-order chi connectivity index (χ1) is 4.41. The first-order valence-electron chi connectivity index (χ1n) is 3.33. The molecule has 0 radical (unpaired) electrons. The van der Waals surface area contributed by atoms with Crippen LogP contribution < -0.4 is 0 Å². The van der Waals surface area contributed by atoms with E-state index in [1.165, 1.54) is 6.42 Å². The zero-order valence-electron chi connectivity index (χ0n) is 6.02. The SMILES string of the molecule is C=C=CCOCCCC. The van der Waals surface area contributed by atoms with Crippen molar-refractivity contribution in [2.24, 2.45) is 0 Å². The molecular formula is C8H14O. The normalized spacial score (nSPS) is 8.56. The van der Waals surface area contributed by atoms with Gasteiger partial charge < -0.3 is 4.74 Å². The van der Waals surface area contributed by atoms with Crippen LogP contribution in [-0.2, 0) is 4.74 Å². The molecule has 0 aliphatic heterocycles. The van der Waals surface area contributed by atoms with Gasteiger partial charge in [-0.3, -0.25) is 0 Å². The predicted octanol–water partition coefficient (Wildman–Crippen LogP) is 2.14. The van der Waals surface area contributed by atoms with Crippen LogP contribution in [0.1, 0.15) is 19.8 Å². The third-order valence-electron chi connectivity index (χ3n) is 0.988. The quantitative estimate of drug-likeness (QED) is 0.405. The van der Waals surface area contributed by atoms with E-state index in [1.54, 1.807) is 6.08 Å². The molecule has 0 unspecified atom stereocenters. The van der Waals surface area contributed by atoms with Gasteiger partial charge >= 0.3 is 0 Å². The smallest absolute Gasteiger partial charge is 0.0721 e. The summed E-state index contributed by atoms with van der Waals surface area (Å²) < 4.78 is 5.16. The van der Waals surface area contributed by atoms with Gasteiger partial charge in [-0.25, -0.2) is 0 Å². The summed E-state index contributed by atoms with van der Waals surface area (Å²) >= 11 is 0. The van der Waals surface area contributed by atoms with Crippen LogP contribution in [0.4, 0.5) is 0 Å². The molecule has 0 atom stereocenters. The van der Waals surface area contributed by atoms with Crippen LogP contribution in [0.3, 0.4) is 0 Å². The minimum Gasteiger partial charge on any atom is -0.377 e. The van der Waals surface area contributed by atoms with Gasteiger partial charge in [0, 0.05) is 6.61 Å². The highest BCUT2D eigenvalue weighted by Crippen LogP contribution is 1.86. The highest BCUT2D eigenvalue weighted by atomic mass is 16.5. The van der Waals surface area contributed by atoms with E-state index in [4.69, 9.17) is 4.74 Å². The molecule has 1 nitrogen and oxygen atoms in total. The van der Waals surface area contributed by atoms with Crippen LogP contribution in [0.2, 0.25) is 0 Å². The molecule has 0 spiro atoms. The van der Waals surface area contributed by atoms with Gasteiger partial charge in [-0.05, 0) is 12.5 Å². The Labute approximate surface area is 57.0 Å². The summed E-state index contributed by atoms with van der Waals surface area (Å²) in [6.07, 6.45) is 4.12. The van der Waals surface area contributed by atoms with Crippen molar-refractivity contribution < 1.29 is 4.74 Å². The lowest BCUT2D eigenvalue weighted by molar-refractivity contribution is 0.159. The Hall–Kier alpha value is -0.520. The first-order valence-corrected chi connectivity index (χ1v) is 3.33. The molecule has 9 heavy (non-hydrogen) atoms. The van der Waals surface area contributed by atoms with E-state index in [0.717, 1.165) is 13.0 Å². The van der Waals surface area contributed by atoms with Gasteiger partial charge in [0.15, 0.2) is 0 Å². The third kappa shape index (κ3) is 7.48. The van der Waals surface area contributed by atoms with Crippen LogP contribution in [-0.4, -0.2) is 13.2 Å². The monoisotopic (exact) mass is 126 g/mol. The van der Waals surface area contributed by atoms with Crippen LogP contribution in [0.5, 0.6) is 0 Å². The van der Waals surface area contributed by atoms with Crippen LogP contribution in [0.25, 0.3) is 0 Å². The Morgan fingerprint density at radius 2 is 2.44 bits per heavy atom. The van der Waals surface area contributed by atoms with E-state index < -0.39 is 0 Å². The fourth-order valence-electron chi connectivity index (χ4n) is 0.448.